The number of nitrogens with one attached hydrogen (secondary N) is 2. The highest BCUT2D eigenvalue weighted by atomic mass is 15.5. The molecule has 5 heteroatoms. The third-order valence-electron chi connectivity index (χ3n) is 2.46. The Morgan fingerprint density at radius 1 is 1.58 bits per heavy atom. The summed E-state index contributed by atoms with van der Waals surface area (Å²) < 4.78 is 0. The summed E-state index contributed by atoms with van der Waals surface area (Å²) in [7, 11) is 0. The number of aromatic amines is 1. The fourth-order valence-electron chi connectivity index (χ4n) is 1.18. The van der Waals surface area contributed by atoms with Crippen LogP contribution in [0, 0.1) is 5.41 Å². The summed E-state index contributed by atoms with van der Waals surface area (Å²) in [5.74, 6) is 0.597. The van der Waals surface area contributed by atoms with Gasteiger partial charge in [-0.25, -0.2) is 0 Å². The molecule has 0 radical (unpaired) electrons. The van der Waals surface area contributed by atoms with Crippen LogP contribution in [0.1, 0.15) is 26.2 Å². The summed E-state index contributed by atoms with van der Waals surface area (Å²) in [6.07, 6.45) is 3.92. The summed E-state index contributed by atoms with van der Waals surface area (Å²) in [4.78, 5) is 0. The van der Waals surface area contributed by atoms with E-state index in [4.69, 9.17) is 0 Å². The molecule has 12 heavy (non-hydrogen) atoms. The van der Waals surface area contributed by atoms with Gasteiger partial charge < -0.3 is 5.32 Å². The fraction of sp³-hybridized carbons (Fsp3) is 0.857. The molecule has 0 unspecified atom stereocenters. The molecule has 1 heterocycles. The van der Waals surface area contributed by atoms with Gasteiger partial charge in [0, 0.05) is 6.54 Å². The summed E-state index contributed by atoms with van der Waals surface area (Å²) in [5, 5.41) is 16.6. The minimum Gasteiger partial charge on any atom is -0.352 e. The molecule has 1 aliphatic rings. The van der Waals surface area contributed by atoms with Crippen molar-refractivity contribution in [2.75, 3.05) is 11.9 Å². The SMILES string of the molecule is CC1(CCNc2nn[nH]n2)CC1. The Hall–Kier alpha value is -1.13. The molecule has 66 valence electrons. The lowest BCUT2D eigenvalue weighted by Crippen LogP contribution is -2.07. The smallest absolute Gasteiger partial charge is 0.263 e. The molecule has 0 atom stereocenters. The molecule has 2 rings (SSSR count). The van der Waals surface area contributed by atoms with Crippen molar-refractivity contribution in [1.29, 1.82) is 0 Å². The Labute approximate surface area is 70.9 Å². The monoisotopic (exact) mass is 167 g/mol. The van der Waals surface area contributed by atoms with Gasteiger partial charge in [-0.15, -0.1) is 5.10 Å². The first-order valence-electron chi connectivity index (χ1n) is 4.26. The second-order valence-corrected chi connectivity index (χ2v) is 3.72. The highest BCUT2D eigenvalue weighted by Crippen LogP contribution is 2.47. The Morgan fingerprint density at radius 2 is 2.42 bits per heavy atom. The highest BCUT2D eigenvalue weighted by molar-refractivity contribution is 5.18. The third kappa shape index (κ3) is 1.72. The van der Waals surface area contributed by atoms with Gasteiger partial charge >= 0.3 is 0 Å². The number of hydrogen-bond acceptors (Lipinski definition) is 4. The van der Waals surface area contributed by atoms with Crippen LogP contribution in [0.15, 0.2) is 0 Å². The van der Waals surface area contributed by atoms with Crippen LogP contribution >= 0.6 is 0 Å². The molecule has 0 aliphatic heterocycles. The first-order chi connectivity index (χ1) is 5.79. The van der Waals surface area contributed by atoms with Gasteiger partial charge in [0.25, 0.3) is 5.95 Å². The summed E-state index contributed by atoms with van der Waals surface area (Å²) in [5.41, 5.74) is 0.594. The van der Waals surface area contributed by atoms with Gasteiger partial charge in [-0.2, -0.15) is 5.21 Å². The Balaban J connectivity index is 1.69. The predicted octanol–water partition coefficient (Wildman–Crippen LogP) is 0.802. The van der Waals surface area contributed by atoms with Gasteiger partial charge in [0.05, 0.1) is 0 Å². The molecule has 0 amide bonds. The van der Waals surface area contributed by atoms with Gasteiger partial charge in [0.15, 0.2) is 0 Å². The van der Waals surface area contributed by atoms with Crippen LogP contribution < -0.4 is 5.32 Å². The van der Waals surface area contributed by atoms with E-state index in [0.717, 1.165) is 6.54 Å². The lowest BCUT2D eigenvalue weighted by molar-refractivity contribution is 0.535. The lowest BCUT2D eigenvalue weighted by Gasteiger charge is -2.06. The van der Waals surface area contributed by atoms with E-state index in [2.05, 4.69) is 32.9 Å². The van der Waals surface area contributed by atoms with Crippen LogP contribution in [0.4, 0.5) is 5.95 Å². The number of anilines is 1. The highest BCUT2D eigenvalue weighted by Gasteiger charge is 2.36. The molecule has 1 fully saturated rings. The molecule has 1 aromatic heterocycles. The first-order valence-corrected chi connectivity index (χ1v) is 4.26. The van der Waals surface area contributed by atoms with Gasteiger partial charge in [0.2, 0.25) is 0 Å². The average Bonchev–Trinajstić information content (AvgIpc) is 2.61. The van der Waals surface area contributed by atoms with Crippen LogP contribution in [-0.2, 0) is 0 Å². The van der Waals surface area contributed by atoms with E-state index in [1.165, 1.54) is 19.3 Å². The molecule has 2 N–H and O–H groups in total. The van der Waals surface area contributed by atoms with E-state index in [0.29, 0.717) is 11.4 Å². The van der Waals surface area contributed by atoms with Crippen molar-refractivity contribution in [3.63, 3.8) is 0 Å². The van der Waals surface area contributed by atoms with Crippen molar-refractivity contribution in [3.05, 3.63) is 0 Å². The molecule has 0 aromatic carbocycles. The molecule has 0 spiro atoms. The van der Waals surface area contributed by atoms with Crippen molar-refractivity contribution in [1.82, 2.24) is 20.6 Å². The molecule has 0 bridgehead atoms. The van der Waals surface area contributed by atoms with Crippen LogP contribution in [0.5, 0.6) is 0 Å². The maximum absolute atomic E-state index is 3.80. The zero-order valence-corrected chi connectivity index (χ0v) is 7.17. The van der Waals surface area contributed by atoms with E-state index in [9.17, 15) is 0 Å². The van der Waals surface area contributed by atoms with Crippen molar-refractivity contribution in [2.24, 2.45) is 5.41 Å². The van der Waals surface area contributed by atoms with E-state index >= 15 is 0 Å². The number of aromatic nitrogens is 4. The number of rotatable bonds is 4. The van der Waals surface area contributed by atoms with Crippen molar-refractivity contribution in [3.8, 4) is 0 Å². The summed E-state index contributed by atoms with van der Waals surface area (Å²) >= 11 is 0. The topological polar surface area (TPSA) is 66.5 Å². The van der Waals surface area contributed by atoms with E-state index in [1.54, 1.807) is 0 Å². The van der Waals surface area contributed by atoms with Crippen LogP contribution in [0.2, 0.25) is 0 Å². The summed E-state index contributed by atoms with van der Waals surface area (Å²) in [6, 6.07) is 0. The zero-order chi connectivity index (χ0) is 8.44. The quantitative estimate of drug-likeness (QED) is 0.696. The van der Waals surface area contributed by atoms with Crippen LogP contribution in [0.25, 0.3) is 0 Å². The Kier molecular flexibility index (Phi) is 1.71. The second kappa shape index (κ2) is 2.73. The largest absolute Gasteiger partial charge is 0.352 e. The predicted molar refractivity (Wildman–Crippen MR) is 44.6 cm³/mol. The van der Waals surface area contributed by atoms with Crippen LogP contribution in [-0.4, -0.2) is 27.2 Å². The molecule has 1 aliphatic carbocycles. The number of H-pyrrole nitrogens is 1. The molecular weight excluding hydrogens is 154 g/mol. The molecular formula is C7H13N5. The van der Waals surface area contributed by atoms with Crippen molar-refractivity contribution >= 4 is 5.95 Å². The van der Waals surface area contributed by atoms with E-state index in [1.807, 2.05) is 0 Å². The normalized spacial score (nSPS) is 19.1. The Bertz CT molecular complexity index is 238. The van der Waals surface area contributed by atoms with Gasteiger partial charge in [-0.05, 0) is 29.9 Å². The minimum atomic E-state index is 0.594. The Morgan fingerprint density at radius 3 is 3.00 bits per heavy atom. The van der Waals surface area contributed by atoms with Crippen LogP contribution in [0.3, 0.4) is 0 Å². The molecule has 5 nitrogen and oxygen atoms in total. The molecule has 1 saturated carbocycles. The first kappa shape index (κ1) is 7.52. The maximum Gasteiger partial charge on any atom is 0.263 e. The average molecular weight is 167 g/mol. The number of nitrogens with zero attached hydrogens (tertiary/aromatic N) is 3. The molecule has 1 aromatic rings. The molecule has 0 saturated heterocycles. The van der Waals surface area contributed by atoms with Crippen molar-refractivity contribution in [2.45, 2.75) is 26.2 Å². The van der Waals surface area contributed by atoms with Gasteiger partial charge in [0.1, 0.15) is 0 Å². The lowest BCUT2D eigenvalue weighted by atomic mass is 10.1. The standard InChI is InChI=1S/C7H13N5/c1-7(2-3-7)4-5-8-6-9-11-12-10-6/h2-5H2,1H3,(H2,8,9,10,11,12). The van der Waals surface area contributed by atoms with E-state index < -0.39 is 0 Å². The fourth-order valence-corrected chi connectivity index (χ4v) is 1.18. The number of tetrazole rings is 1. The van der Waals surface area contributed by atoms with E-state index in [-0.39, 0.29) is 0 Å². The minimum absolute atomic E-state index is 0.594. The zero-order valence-electron chi connectivity index (χ0n) is 7.17. The maximum atomic E-state index is 3.80. The van der Waals surface area contributed by atoms with Gasteiger partial charge in [-0.3, -0.25) is 0 Å². The summed E-state index contributed by atoms with van der Waals surface area (Å²) in [6.45, 7) is 3.25. The van der Waals surface area contributed by atoms with Gasteiger partial charge in [-0.1, -0.05) is 12.0 Å². The third-order valence-corrected chi connectivity index (χ3v) is 2.46. The second-order valence-electron chi connectivity index (χ2n) is 3.72. The number of hydrogen-bond donors (Lipinski definition) is 2. The van der Waals surface area contributed by atoms with Crippen molar-refractivity contribution < 1.29 is 0 Å².